The Labute approximate surface area is 193 Å². The Morgan fingerprint density at radius 2 is 2.07 bits per heavy atom. The van der Waals surface area contributed by atoms with E-state index in [0.29, 0.717) is 37.6 Å². The van der Waals surface area contributed by atoms with Crippen LogP contribution >= 0.6 is 24.0 Å². The SMILES string of the molecule is CCNC(=NCc1ccc(F)c(COC)c1)NCC1CC(=O)Nc2ccccc21.I. The first-order chi connectivity index (χ1) is 14.1. The van der Waals surface area contributed by atoms with Gasteiger partial charge >= 0.3 is 0 Å². The van der Waals surface area contributed by atoms with E-state index in [1.165, 1.54) is 6.07 Å². The fourth-order valence-corrected chi connectivity index (χ4v) is 3.41. The number of fused-ring (bicyclic) bond motifs is 1. The number of nitrogens with zero attached hydrogens (tertiary/aromatic N) is 1. The van der Waals surface area contributed by atoms with E-state index in [1.54, 1.807) is 19.2 Å². The number of amides is 1. The molecular formula is C22H28FIN4O2. The van der Waals surface area contributed by atoms with Crippen molar-refractivity contribution in [2.75, 3.05) is 25.5 Å². The number of para-hydroxylation sites is 1. The third-order valence-electron chi connectivity index (χ3n) is 4.80. The van der Waals surface area contributed by atoms with Crippen LogP contribution in [0.1, 0.15) is 36.0 Å². The zero-order chi connectivity index (χ0) is 20.6. The van der Waals surface area contributed by atoms with Crippen LogP contribution in [0.25, 0.3) is 0 Å². The van der Waals surface area contributed by atoms with Crippen molar-refractivity contribution in [1.82, 2.24) is 10.6 Å². The third kappa shape index (κ3) is 6.40. The van der Waals surface area contributed by atoms with Crippen molar-refractivity contribution < 1.29 is 13.9 Å². The highest BCUT2D eigenvalue weighted by Crippen LogP contribution is 2.31. The predicted molar refractivity (Wildman–Crippen MR) is 128 cm³/mol. The van der Waals surface area contributed by atoms with Gasteiger partial charge in [0, 0.05) is 43.8 Å². The number of ether oxygens (including phenoxy) is 1. The number of guanidine groups is 1. The molecule has 3 N–H and O–H groups in total. The Morgan fingerprint density at radius 1 is 1.27 bits per heavy atom. The van der Waals surface area contributed by atoms with Crippen molar-refractivity contribution >= 4 is 41.5 Å². The van der Waals surface area contributed by atoms with Crippen LogP contribution in [0, 0.1) is 5.82 Å². The summed E-state index contributed by atoms with van der Waals surface area (Å²) < 4.78 is 18.8. The highest BCUT2D eigenvalue weighted by Gasteiger charge is 2.24. The second-order valence-electron chi connectivity index (χ2n) is 6.97. The predicted octanol–water partition coefficient (Wildman–Crippen LogP) is 3.77. The van der Waals surface area contributed by atoms with Crippen LogP contribution in [0.15, 0.2) is 47.5 Å². The molecule has 0 aliphatic carbocycles. The maximum atomic E-state index is 13.8. The summed E-state index contributed by atoms with van der Waals surface area (Å²) in [4.78, 5) is 16.6. The lowest BCUT2D eigenvalue weighted by Gasteiger charge is -2.26. The van der Waals surface area contributed by atoms with Crippen molar-refractivity contribution in [3.8, 4) is 0 Å². The van der Waals surface area contributed by atoms with E-state index in [1.807, 2.05) is 31.2 Å². The van der Waals surface area contributed by atoms with Crippen molar-refractivity contribution in [3.05, 3.63) is 65.0 Å². The standard InChI is InChI=1S/C22H27FN4O2.HI/c1-3-24-22(25-12-15-8-9-19(23)17(10-15)14-29-2)26-13-16-11-21(28)27-20-7-5-4-6-18(16)20;/h4-10,16H,3,11-14H2,1-2H3,(H,27,28)(H2,24,25,26);1H. The smallest absolute Gasteiger partial charge is 0.225 e. The van der Waals surface area contributed by atoms with E-state index in [4.69, 9.17) is 4.74 Å². The van der Waals surface area contributed by atoms with Crippen molar-refractivity contribution in [2.24, 2.45) is 4.99 Å². The van der Waals surface area contributed by atoms with Crippen LogP contribution in [0.3, 0.4) is 0 Å². The Kier molecular flexibility index (Phi) is 9.51. The molecule has 0 aromatic heterocycles. The fraction of sp³-hybridized carbons (Fsp3) is 0.364. The quantitative estimate of drug-likeness (QED) is 0.292. The number of benzene rings is 2. The highest BCUT2D eigenvalue weighted by atomic mass is 127. The number of carbonyl (C=O) groups is 1. The topological polar surface area (TPSA) is 74.8 Å². The molecule has 3 rings (SSSR count). The van der Waals surface area contributed by atoms with Gasteiger partial charge in [0.2, 0.25) is 5.91 Å². The minimum absolute atomic E-state index is 0. The van der Waals surface area contributed by atoms with Gasteiger partial charge in [-0.1, -0.05) is 24.3 Å². The third-order valence-corrected chi connectivity index (χ3v) is 4.80. The van der Waals surface area contributed by atoms with Crippen LogP contribution in [0.2, 0.25) is 0 Å². The van der Waals surface area contributed by atoms with Gasteiger partial charge in [0.05, 0.1) is 13.2 Å². The number of nitrogens with one attached hydrogen (secondary N) is 3. The van der Waals surface area contributed by atoms with E-state index < -0.39 is 0 Å². The Morgan fingerprint density at radius 3 is 2.83 bits per heavy atom. The second kappa shape index (κ2) is 11.8. The first-order valence-electron chi connectivity index (χ1n) is 9.78. The number of methoxy groups -OCH3 is 1. The molecule has 0 saturated carbocycles. The van der Waals surface area contributed by atoms with E-state index in [9.17, 15) is 9.18 Å². The average Bonchev–Trinajstić information content (AvgIpc) is 2.72. The molecule has 0 spiro atoms. The van der Waals surface area contributed by atoms with Gasteiger partial charge in [0.1, 0.15) is 5.82 Å². The van der Waals surface area contributed by atoms with Gasteiger partial charge in [0.15, 0.2) is 5.96 Å². The molecule has 1 aliphatic heterocycles. The maximum Gasteiger partial charge on any atom is 0.225 e. The molecule has 6 nitrogen and oxygen atoms in total. The van der Waals surface area contributed by atoms with Crippen molar-refractivity contribution in [1.29, 1.82) is 0 Å². The monoisotopic (exact) mass is 526 g/mol. The highest BCUT2D eigenvalue weighted by molar-refractivity contribution is 14.0. The van der Waals surface area contributed by atoms with Gasteiger partial charge in [-0.15, -0.1) is 24.0 Å². The zero-order valence-corrected chi connectivity index (χ0v) is 19.5. The zero-order valence-electron chi connectivity index (χ0n) is 17.2. The lowest BCUT2D eigenvalue weighted by molar-refractivity contribution is -0.116. The Hall–Kier alpha value is -2.20. The van der Waals surface area contributed by atoms with Crippen molar-refractivity contribution in [2.45, 2.75) is 32.4 Å². The van der Waals surface area contributed by atoms with Gasteiger partial charge < -0.3 is 20.7 Å². The van der Waals surface area contributed by atoms with Crippen LogP contribution in [0.5, 0.6) is 0 Å². The van der Waals surface area contributed by atoms with Gasteiger partial charge in [-0.3, -0.25) is 4.79 Å². The number of rotatable bonds is 7. The number of anilines is 1. The first kappa shape index (κ1) is 24.1. The fourth-order valence-electron chi connectivity index (χ4n) is 3.41. The summed E-state index contributed by atoms with van der Waals surface area (Å²) in [6.45, 7) is 3.94. The largest absolute Gasteiger partial charge is 0.380 e. The van der Waals surface area contributed by atoms with E-state index >= 15 is 0 Å². The van der Waals surface area contributed by atoms with Gasteiger partial charge in [-0.05, 0) is 36.2 Å². The molecule has 0 bridgehead atoms. The van der Waals surface area contributed by atoms with E-state index in [-0.39, 0.29) is 48.2 Å². The number of hydrogen-bond acceptors (Lipinski definition) is 3. The van der Waals surface area contributed by atoms with Crippen LogP contribution in [-0.4, -0.2) is 32.1 Å². The van der Waals surface area contributed by atoms with E-state index in [2.05, 4.69) is 20.9 Å². The summed E-state index contributed by atoms with van der Waals surface area (Å²) >= 11 is 0. The molecule has 30 heavy (non-hydrogen) atoms. The molecule has 0 fully saturated rings. The summed E-state index contributed by atoms with van der Waals surface area (Å²) in [7, 11) is 1.54. The molecule has 0 saturated heterocycles. The number of carbonyl (C=O) groups excluding carboxylic acids is 1. The molecule has 1 atom stereocenters. The van der Waals surface area contributed by atoms with Gasteiger partial charge in [-0.2, -0.15) is 0 Å². The normalized spacial score (nSPS) is 15.6. The second-order valence-corrected chi connectivity index (χ2v) is 6.97. The summed E-state index contributed by atoms with van der Waals surface area (Å²) in [5.74, 6) is 0.477. The minimum atomic E-state index is -0.279. The molecule has 1 aliphatic rings. The summed E-state index contributed by atoms with van der Waals surface area (Å²) in [6, 6.07) is 12.8. The van der Waals surface area contributed by atoms with Crippen LogP contribution < -0.4 is 16.0 Å². The summed E-state index contributed by atoms with van der Waals surface area (Å²) in [5.41, 5.74) is 3.41. The minimum Gasteiger partial charge on any atom is -0.380 e. The van der Waals surface area contributed by atoms with Crippen LogP contribution in [-0.2, 0) is 22.7 Å². The number of hydrogen-bond donors (Lipinski definition) is 3. The van der Waals surface area contributed by atoms with Gasteiger partial charge in [-0.25, -0.2) is 9.38 Å². The lowest BCUT2D eigenvalue weighted by atomic mass is 9.90. The molecule has 8 heteroatoms. The molecule has 1 heterocycles. The van der Waals surface area contributed by atoms with Crippen LogP contribution in [0.4, 0.5) is 10.1 Å². The lowest BCUT2D eigenvalue weighted by Crippen LogP contribution is -2.40. The molecular weight excluding hydrogens is 498 g/mol. The van der Waals surface area contributed by atoms with E-state index in [0.717, 1.165) is 16.8 Å². The van der Waals surface area contributed by atoms with Gasteiger partial charge in [0.25, 0.3) is 0 Å². The molecule has 162 valence electrons. The Bertz CT molecular complexity index is 891. The maximum absolute atomic E-state index is 13.8. The molecule has 1 unspecified atom stereocenters. The number of aliphatic imine (C=N–C) groups is 1. The molecule has 0 radical (unpaired) electrons. The Balaban J connectivity index is 0.00000320. The summed E-state index contributed by atoms with van der Waals surface area (Å²) in [5, 5.41) is 9.47. The average molecular weight is 526 g/mol. The molecule has 2 aromatic carbocycles. The number of halogens is 2. The first-order valence-corrected chi connectivity index (χ1v) is 9.78. The molecule has 2 aromatic rings. The van der Waals surface area contributed by atoms with Crippen molar-refractivity contribution in [3.63, 3.8) is 0 Å². The summed E-state index contributed by atoms with van der Waals surface area (Å²) in [6.07, 6.45) is 0.432. The molecule has 1 amide bonds.